The third-order valence-electron chi connectivity index (χ3n) is 3.71. The molecule has 3 atom stereocenters. The molecule has 0 amide bonds. The maximum Gasteiger partial charge on any atom is 0.0629 e. The normalized spacial score (nSPS) is 27.0. The number of rotatable bonds is 6. The largest absolute Gasteiger partial charge is 0.395 e. The van der Waals surface area contributed by atoms with Gasteiger partial charge in [0, 0.05) is 38.8 Å². The first-order valence-electron chi connectivity index (χ1n) is 6.47. The molecule has 102 valence electrons. The van der Waals surface area contributed by atoms with Crippen molar-refractivity contribution in [3.05, 3.63) is 0 Å². The Morgan fingerprint density at radius 3 is 2.65 bits per heavy atom. The van der Waals surface area contributed by atoms with Crippen LogP contribution >= 0.6 is 0 Å². The number of nitrogens with zero attached hydrogens (tertiary/aromatic N) is 2. The van der Waals surface area contributed by atoms with Gasteiger partial charge in [0.15, 0.2) is 0 Å². The zero-order valence-corrected chi connectivity index (χ0v) is 11.3. The molecule has 0 aliphatic carbocycles. The van der Waals surface area contributed by atoms with Crippen molar-refractivity contribution in [3.63, 3.8) is 0 Å². The molecule has 0 aromatic heterocycles. The quantitative estimate of drug-likeness (QED) is 0.651. The van der Waals surface area contributed by atoms with Crippen LogP contribution in [0.15, 0.2) is 0 Å². The van der Waals surface area contributed by atoms with E-state index in [1.54, 1.807) is 7.11 Å². The van der Waals surface area contributed by atoms with E-state index in [2.05, 4.69) is 23.6 Å². The first-order valence-corrected chi connectivity index (χ1v) is 6.47. The smallest absolute Gasteiger partial charge is 0.0629 e. The van der Waals surface area contributed by atoms with Gasteiger partial charge in [0.1, 0.15) is 0 Å². The van der Waals surface area contributed by atoms with Crippen molar-refractivity contribution >= 4 is 0 Å². The first kappa shape index (κ1) is 14.9. The third-order valence-corrected chi connectivity index (χ3v) is 3.71. The van der Waals surface area contributed by atoms with Gasteiger partial charge in [0.2, 0.25) is 0 Å². The summed E-state index contributed by atoms with van der Waals surface area (Å²) in [6, 6.07) is 0.416. The highest BCUT2D eigenvalue weighted by atomic mass is 16.5. The Morgan fingerprint density at radius 1 is 1.47 bits per heavy atom. The predicted octanol–water partition coefficient (Wildman–Crippen LogP) is -0.653. The molecule has 17 heavy (non-hydrogen) atoms. The number of nitrogens with two attached hydrogens (primary N) is 1. The Hall–Kier alpha value is -0.200. The summed E-state index contributed by atoms with van der Waals surface area (Å²) >= 11 is 0. The minimum atomic E-state index is -0.120. The Morgan fingerprint density at radius 2 is 2.18 bits per heavy atom. The molecule has 0 aromatic rings. The lowest BCUT2D eigenvalue weighted by molar-refractivity contribution is 0.0155. The number of likely N-dealkylation sites (N-methyl/N-ethyl adjacent to an activating group) is 1. The minimum absolute atomic E-state index is 0.0106. The average Bonchev–Trinajstić information content (AvgIpc) is 2.30. The monoisotopic (exact) mass is 245 g/mol. The van der Waals surface area contributed by atoms with Crippen LogP contribution < -0.4 is 5.73 Å². The van der Waals surface area contributed by atoms with E-state index < -0.39 is 0 Å². The van der Waals surface area contributed by atoms with E-state index in [1.807, 2.05) is 0 Å². The fourth-order valence-electron chi connectivity index (χ4n) is 2.62. The number of methoxy groups -OCH3 is 1. The Bertz CT molecular complexity index is 216. The van der Waals surface area contributed by atoms with Crippen LogP contribution in [0.5, 0.6) is 0 Å². The Kier molecular flexibility index (Phi) is 6.37. The van der Waals surface area contributed by atoms with Gasteiger partial charge in [0.25, 0.3) is 0 Å². The van der Waals surface area contributed by atoms with Crippen molar-refractivity contribution in [1.29, 1.82) is 0 Å². The number of ether oxygens (including phenoxy) is 1. The van der Waals surface area contributed by atoms with Crippen LogP contribution in [0, 0.1) is 0 Å². The van der Waals surface area contributed by atoms with E-state index in [1.165, 1.54) is 0 Å². The molecule has 0 saturated carbocycles. The van der Waals surface area contributed by atoms with Crippen LogP contribution in [0.2, 0.25) is 0 Å². The van der Waals surface area contributed by atoms with E-state index >= 15 is 0 Å². The molecular weight excluding hydrogens is 218 g/mol. The molecule has 3 unspecified atom stereocenters. The topological polar surface area (TPSA) is 62.0 Å². The zero-order valence-electron chi connectivity index (χ0n) is 11.3. The van der Waals surface area contributed by atoms with Crippen molar-refractivity contribution in [1.82, 2.24) is 9.80 Å². The summed E-state index contributed by atoms with van der Waals surface area (Å²) < 4.78 is 5.07. The SMILES string of the molecule is CCN1CCN(C(CO)C(N)COC)CC1C. The van der Waals surface area contributed by atoms with Crippen molar-refractivity contribution in [2.24, 2.45) is 5.73 Å². The van der Waals surface area contributed by atoms with E-state index in [9.17, 15) is 5.11 Å². The second-order valence-electron chi connectivity index (χ2n) is 4.84. The lowest BCUT2D eigenvalue weighted by Gasteiger charge is -2.43. The molecule has 1 fully saturated rings. The summed E-state index contributed by atoms with van der Waals surface area (Å²) in [5.74, 6) is 0. The average molecular weight is 245 g/mol. The molecule has 3 N–H and O–H groups in total. The Labute approximate surface area is 105 Å². The molecule has 5 nitrogen and oxygen atoms in total. The van der Waals surface area contributed by atoms with E-state index in [-0.39, 0.29) is 18.7 Å². The van der Waals surface area contributed by atoms with Crippen LogP contribution in [0.3, 0.4) is 0 Å². The van der Waals surface area contributed by atoms with Crippen LogP contribution in [-0.2, 0) is 4.74 Å². The van der Waals surface area contributed by atoms with Gasteiger partial charge in [-0.2, -0.15) is 0 Å². The lowest BCUT2D eigenvalue weighted by Crippen LogP contribution is -2.60. The molecule has 1 rings (SSSR count). The summed E-state index contributed by atoms with van der Waals surface area (Å²) in [5, 5.41) is 9.49. The van der Waals surface area contributed by atoms with Crippen LogP contribution in [-0.4, -0.2) is 79.5 Å². The van der Waals surface area contributed by atoms with Gasteiger partial charge in [-0.15, -0.1) is 0 Å². The second kappa shape index (κ2) is 7.28. The molecule has 0 aromatic carbocycles. The lowest BCUT2D eigenvalue weighted by atomic mass is 10.1. The molecular formula is C12H27N3O2. The van der Waals surface area contributed by atoms with Crippen molar-refractivity contribution in [2.75, 3.05) is 46.5 Å². The highest BCUT2D eigenvalue weighted by Gasteiger charge is 2.30. The summed E-state index contributed by atoms with van der Waals surface area (Å²) in [7, 11) is 1.64. The van der Waals surface area contributed by atoms with Gasteiger partial charge in [-0.05, 0) is 13.5 Å². The van der Waals surface area contributed by atoms with Crippen LogP contribution in [0.4, 0.5) is 0 Å². The summed E-state index contributed by atoms with van der Waals surface area (Å²) in [4.78, 5) is 4.74. The van der Waals surface area contributed by atoms with E-state index in [0.29, 0.717) is 12.6 Å². The molecule has 5 heteroatoms. The minimum Gasteiger partial charge on any atom is -0.395 e. The number of aliphatic hydroxyl groups excluding tert-OH is 1. The molecule has 0 bridgehead atoms. The maximum atomic E-state index is 9.49. The van der Waals surface area contributed by atoms with Gasteiger partial charge >= 0.3 is 0 Å². The summed E-state index contributed by atoms with van der Waals surface area (Å²) in [6.45, 7) is 9.09. The highest BCUT2D eigenvalue weighted by Crippen LogP contribution is 2.13. The molecule has 1 heterocycles. The van der Waals surface area contributed by atoms with Gasteiger partial charge in [0.05, 0.1) is 19.3 Å². The number of hydrogen-bond acceptors (Lipinski definition) is 5. The maximum absolute atomic E-state index is 9.49. The number of hydrogen-bond donors (Lipinski definition) is 2. The van der Waals surface area contributed by atoms with Crippen molar-refractivity contribution in [3.8, 4) is 0 Å². The van der Waals surface area contributed by atoms with E-state index in [4.69, 9.17) is 10.5 Å². The fraction of sp³-hybridized carbons (Fsp3) is 1.00. The summed E-state index contributed by atoms with van der Waals surface area (Å²) in [6.07, 6.45) is 0. The Balaban J connectivity index is 2.53. The summed E-state index contributed by atoms with van der Waals surface area (Å²) in [5.41, 5.74) is 6.04. The fourth-order valence-corrected chi connectivity index (χ4v) is 2.62. The molecule has 1 saturated heterocycles. The zero-order chi connectivity index (χ0) is 12.8. The third kappa shape index (κ3) is 3.89. The highest BCUT2D eigenvalue weighted by molar-refractivity contribution is 4.87. The van der Waals surface area contributed by atoms with Crippen molar-refractivity contribution < 1.29 is 9.84 Å². The van der Waals surface area contributed by atoms with Gasteiger partial charge in [-0.1, -0.05) is 6.92 Å². The predicted molar refractivity (Wildman–Crippen MR) is 69.0 cm³/mol. The first-order chi connectivity index (χ1) is 8.13. The molecule has 1 aliphatic rings. The van der Waals surface area contributed by atoms with Crippen molar-refractivity contribution in [2.45, 2.75) is 32.0 Å². The van der Waals surface area contributed by atoms with Crippen LogP contribution in [0.1, 0.15) is 13.8 Å². The molecule has 0 radical (unpaired) electrons. The molecule has 1 aliphatic heterocycles. The van der Waals surface area contributed by atoms with Gasteiger partial charge in [-0.3, -0.25) is 9.80 Å². The van der Waals surface area contributed by atoms with Gasteiger partial charge in [-0.25, -0.2) is 0 Å². The second-order valence-corrected chi connectivity index (χ2v) is 4.84. The number of aliphatic hydroxyl groups is 1. The standard InChI is InChI=1S/C12H27N3O2/c1-4-14-5-6-15(7-10(14)2)12(8-16)11(13)9-17-3/h10-12,16H,4-9,13H2,1-3H3. The molecule has 0 spiro atoms. The van der Waals surface area contributed by atoms with E-state index in [0.717, 1.165) is 26.2 Å². The number of piperazine rings is 1. The van der Waals surface area contributed by atoms with Crippen LogP contribution in [0.25, 0.3) is 0 Å². The van der Waals surface area contributed by atoms with Gasteiger partial charge < -0.3 is 15.6 Å².